The fraction of sp³-hybridized carbons (Fsp3) is 0.588. The largest absolute Gasteiger partial charge is 0.394 e. The summed E-state index contributed by atoms with van der Waals surface area (Å²) >= 11 is 0. The van der Waals surface area contributed by atoms with E-state index in [0.29, 0.717) is 13.2 Å². The number of benzene rings is 1. The third-order valence-corrected chi connectivity index (χ3v) is 4.66. The molecule has 1 aromatic rings. The first-order chi connectivity index (χ1) is 10.2. The zero-order chi connectivity index (χ0) is 14.8. The molecule has 0 radical (unpaired) electrons. The van der Waals surface area contributed by atoms with Crippen molar-refractivity contribution in [3.05, 3.63) is 35.4 Å². The van der Waals surface area contributed by atoms with E-state index in [1.165, 1.54) is 11.1 Å². The Labute approximate surface area is 125 Å². The van der Waals surface area contributed by atoms with Gasteiger partial charge in [-0.3, -0.25) is 4.79 Å². The lowest BCUT2D eigenvalue weighted by Crippen LogP contribution is -2.53. The van der Waals surface area contributed by atoms with Crippen LogP contribution in [0.1, 0.15) is 36.8 Å². The van der Waals surface area contributed by atoms with Crippen molar-refractivity contribution in [3.63, 3.8) is 0 Å². The van der Waals surface area contributed by atoms with Crippen molar-refractivity contribution in [1.82, 2.24) is 4.90 Å². The lowest BCUT2D eigenvalue weighted by molar-refractivity contribution is -0.148. The van der Waals surface area contributed by atoms with Crippen molar-refractivity contribution in [2.24, 2.45) is 0 Å². The number of nitrogens with zero attached hydrogens (tertiary/aromatic N) is 1. The number of rotatable bonds is 2. The van der Waals surface area contributed by atoms with Crippen molar-refractivity contribution in [2.45, 2.75) is 44.2 Å². The lowest BCUT2D eigenvalue weighted by Gasteiger charge is -2.40. The van der Waals surface area contributed by atoms with Crippen molar-refractivity contribution in [1.29, 1.82) is 0 Å². The van der Waals surface area contributed by atoms with Gasteiger partial charge >= 0.3 is 0 Å². The van der Waals surface area contributed by atoms with Gasteiger partial charge in [-0.05, 0) is 37.3 Å². The van der Waals surface area contributed by atoms with Crippen molar-refractivity contribution in [3.8, 4) is 0 Å². The van der Waals surface area contributed by atoms with Crippen LogP contribution in [0.2, 0.25) is 0 Å². The van der Waals surface area contributed by atoms with E-state index >= 15 is 0 Å². The molecule has 1 fully saturated rings. The minimum Gasteiger partial charge on any atom is -0.394 e. The molecule has 4 heteroatoms. The van der Waals surface area contributed by atoms with Crippen LogP contribution in [-0.4, -0.2) is 47.8 Å². The quantitative estimate of drug-likeness (QED) is 0.902. The minimum atomic E-state index is -0.246. The molecule has 1 amide bonds. The maximum Gasteiger partial charge on any atom is 0.230 e. The van der Waals surface area contributed by atoms with Crippen LogP contribution in [0.4, 0.5) is 0 Å². The molecule has 4 nitrogen and oxygen atoms in total. The average molecular weight is 289 g/mol. The van der Waals surface area contributed by atoms with Crippen LogP contribution in [0, 0.1) is 0 Å². The second kappa shape index (κ2) is 6.16. The molecular formula is C17H23NO3. The first-order valence-electron chi connectivity index (χ1n) is 7.81. The Morgan fingerprint density at radius 3 is 3.05 bits per heavy atom. The molecule has 1 saturated heterocycles. The Bertz CT molecular complexity index is 517. The van der Waals surface area contributed by atoms with E-state index in [2.05, 4.69) is 12.1 Å². The topological polar surface area (TPSA) is 49.8 Å². The molecule has 3 rings (SSSR count). The predicted molar refractivity (Wildman–Crippen MR) is 80.1 cm³/mol. The lowest BCUT2D eigenvalue weighted by atomic mass is 9.82. The minimum absolute atomic E-state index is 0.0300. The van der Waals surface area contributed by atoms with Gasteiger partial charge in [-0.2, -0.15) is 0 Å². The van der Waals surface area contributed by atoms with Gasteiger partial charge < -0.3 is 14.7 Å². The Morgan fingerprint density at radius 1 is 1.43 bits per heavy atom. The molecule has 1 aliphatic heterocycles. The SMILES string of the molecule is CC1COC(CO)CN1C(=O)C1CCCc2ccccc21. The first kappa shape index (κ1) is 14.5. The monoisotopic (exact) mass is 289 g/mol. The third-order valence-electron chi connectivity index (χ3n) is 4.66. The van der Waals surface area contributed by atoms with Gasteiger partial charge in [0, 0.05) is 6.54 Å². The van der Waals surface area contributed by atoms with Gasteiger partial charge in [-0.15, -0.1) is 0 Å². The van der Waals surface area contributed by atoms with Gasteiger partial charge in [0.2, 0.25) is 5.91 Å². The number of hydrogen-bond acceptors (Lipinski definition) is 3. The van der Waals surface area contributed by atoms with E-state index in [1.807, 2.05) is 24.0 Å². The van der Waals surface area contributed by atoms with E-state index in [-0.39, 0.29) is 30.6 Å². The zero-order valence-corrected chi connectivity index (χ0v) is 12.5. The summed E-state index contributed by atoms with van der Waals surface area (Å²) in [5.74, 6) is 0.159. The summed E-state index contributed by atoms with van der Waals surface area (Å²) in [7, 11) is 0. The molecule has 0 saturated carbocycles. The molecule has 3 atom stereocenters. The van der Waals surface area contributed by atoms with Crippen LogP contribution in [0.15, 0.2) is 24.3 Å². The number of aliphatic hydroxyl groups is 1. The van der Waals surface area contributed by atoms with Crippen LogP contribution < -0.4 is 0 Å². The zero-order valence-electron chi connectivity index (χ0n) is 12.5. The van der Waals surface area contributed by atoms with Crippen LogP contribution in [0.5, 0.6) is 0 Å². The van der Waals surface area contributed by atoms with Gasteiger partial charge in [0.15, 0.2) is 0 Å². The molecule has 0 bridgehead atoms. The second-order valence-corrected chi connectivity index (χ2v) is 6.12. The molecule has 1 aliphatic carbocycles. The number of carbonyl (C=O) groups is 1. The molecule has 2 aliphatic rings. The third kappa shape index (κ3) is 2.83. The van der Waals surface area contributed by atoms with Gasteiger partial charge in [0.1, 0.15) is 0 Å². The highest BCUT2D eigenvalue weighted by Crippen LogP contribution is 2.33. The van der Waals surface area contributed by atoms with Crippen LogP contribution in [0.25, 0.3) is 0 Å². The summed E-state index contributed by atoms with van der Waals surface area (Å²) < 4.78 is 5.53. The van der Waals surface area contributed by atoms with E-state index in [1.54, 1.807) is 0 Å². The predicted octanol–water partition coefficient (Wildman–Crippen LogP) is 1.71. The maximum absolute atomic E-state index is 13.0. The molecule has 0 spiro atoms. The van der Waals surface area contributed by atoms with E-state index in [9.17, 15) is 9.90 Å². The normalized spacial score (nSPS) is 29.0. The van der Waals surface area contributed by atoms with Gasteiger partial charge in [0.25, 0.3) is 0 Å². The van der Waals surface area contributed by atoms with Crippen molar-refractivity contribution >= 4 is 5.91 Å². The summed E-state index contributed by atoms with van der Waals surface area (Å²) in [6, 6.07) is 8.36. The Kier molecular flexibility index (Phi) is 4.27. The number of hydrogen-bond donors (Lipinski definition) is 1. The number of fused-ring (bicyclic) bond motifs is 1. The molecular weight excluding hydrogens is 266 g/mol. The molecule has 1 aromatic carbocycles. The van der Waals surface area contributed by atoms with Gasteiger partial charge in [-0.25, -0.2) is 0 Å². The van der Waals surface area contributed by atoms with E-state index < -0.39 is 0 Å². The van der Waals surface area contributed by atoms with Crippen LogP contribution in [-0.2, 0) is 16.0 Å². The molecule has 21 heavy (non-hydrogen) atoms. The number of aliphatic hydroxyl groups excluding tert-OH is 1. The number of amides is 1. The van der Waals surface area contributed by atoms with Crippen LogP contribution in [0.3, 0.4) is 0 Å². The molecule has 3 unspecified atom stereocenters. The molecule has 0 aromatic heterocycles. The van der Waals surface area contributed by atoms with Crippen molar-refractivity contribution < 1.29 is 14.6 Å². The fourth-order valence-electron chi connectivity index (χ4n) is 3.45. The van der Waals surface area contributed by atoms with E-state index in [0.717, 1.165) is 19.3 Å². The number of aryl methyl sites for hydroxylation is 1. The fourth-order valence-corrected chi connectivity index (χ4v) is 3.45. The molecule has 1 heterocycles. The Hall–Kier alpha value is -1.39. The summed E-state index contributed by atoms with van der Waals surface area (Å²) in [6.07, 6.45) is 2.81. The summed E-state index contributed by atoms with van der Waals surface area (Å²) in [5, 5.41) is 9.28. The summed E-state index contributed by atoms with van der Waals surface area (Å²) in [5.41, 5.74) is 2.50. The van der Waals surface area contributed by atoms with Crippen LogP contribution >= 0.6 is 0 Å². The highest BCUT2D eigenvalue weighted by molar-refractivity contribution is 5.84. The molecule has 114 valence electrons. The highest BCUT2D eigenvalue weighted by atomic mass is 16.5. The van der Waals surface area contributed by atoms with Gasteiger partial charge in [-0.1, -0.05) is 24.3 Å². The first-order valence-corrected chi connectivity index (χ1v) is 7.81. The Morgan fingerprint density at radius 2 is 2.24 bits per heavy atom. The smallest absolute Gasteiger partial charge is 0.230 e. The summed E-state index contributed by atoms with van der Waals surface area (Å²) in [6.45, 7) is 2.98. The molecule has 1 N–H and O–H groups in total. The number of morpholine rings is 1. The standard InChI is InChI=1S/C17H23NO3/c1-12-11-21-14(10-19)9-18(12)17(20)16-8-4-6-13-5-2-3-7-15(13)16/h2-3,5,7,12,14,16,19H,4,6,8-11H2,1H3. The van der Waals surface area contributed by atoms with Crippen molar-refractivity contribution in [2.75, 3.05) is 19.8 Å². The maximum atomic E-state index is 13.0. The average Bonchev–Trinajstić information content (AvgIpc) is 2.54. The summed E-state index contributed by atoms with van der Waals surface area (Å²) in [4.78, 5) is 14.9. The van der Waals surface area contributed by atoms with Gasteiger partial charge in [0.05, 0.1) is 31.3 Å². The second-order valence-electron chi connectivity index (χ2n) is 6.12. The Balaban J connectivity index is 1.82. The highest BCUT2D eigenvalue weighted by Gasteiger charge is 2.35. The number of carbonyl (C=O) groups excluding carboxylic acids is 1. The number of ether oxygens (including phenoxy) is 1. The van der Waals surface area contributed by atoms with E-state index in [4.69, 9.17) is 4.74 Å².